The highest BCUT2D eigenvalue weighted by Crippen LogP contribution is 2.28. The summed E-state index contributed by atoms with van der Waals surface area (Å²) in [7, 11) is 1.51. The van der Waals surface area contributed by atoms with E-state index in [1.165, 1.54) is 13.2 Å². The number of carbonyl (C=O) groups excluding carboxylic acids is 3. The molecule has 0 aliphatic carbocycles. The number of Topliss-reactive ketones (excluding diaryl/α,β-unsaturated/α-hetero) is 1. The fourth-order valence-corrected chi connectivity index (χ4v) is 2.69. The van der Waals surface area contributed by atoms with Gasteiger partial charge in [0.25, 0.3) is 0 Å². The van der Waals surface area contributed by atoms with E-state index in [1.807, 2.05) is 20.8 Å². The third-order valence-electron chi connectivity index (χ3n) is 4.12. The van der Waals surface area contributed by atoms with Crippen molar-refractivity contribution in [3.8, 4) is 11.5 Å². The summed E-state index contributed by atoms with van der Waals surface area (Å²) < 4.78 is 15.8. The van der Waals surface area contributed by atoms with Gasteiger partial charge in [-0.1, -0.05) is 13.8 Å². The highest BCUT2D eigenvalue weighted by molar-refractivity contribution is 6.00. The summed E-state index contributed by atoms with van der Waals surface area (Å²) in [5.41, 5.74) is 1.25. The quantitative estimate of drug-likeness (QED) is 0.465. The molecule has 0 unspecified atom stereocenters. The Bertz CT molecular complexity index is 889. The second-order valence-corrected chi connectivity index (χ2v) is 7.02. The van der Waals surface area contributed by atoms with Crippen LogP contribution in [0.15, 0.2) is 42.5 Å². The average Bonchev–Trinajstić information content (AvgIpc) is 2.71. The van der Waals surface area contributed by atoms with Crippen LogP contribution in [0.1, 0.15) is 47.9 Å². The molecule has 0 fully saturated rings. The molecule has 0 saturated heterocycles. The largest absolute Gasteiger partial charge is 0.493 e. The van der Waals surface area contributed by atoms with Gasteiger partial charge in [-0.15, -0.1) is 0 Å². The van der Waals surface area contributed by atoms with E-state index >= 15 is 0 Å². The van der Waals surface area contributed by atoms with Gasteiger partial charge in [-0.2, -0.15) is 0 Å². The first-order chi connectivity index (χ1) is 14.3. The lowest BCUT2D eigenvalue weighted by molar-refractivity contribution is -0.116. The molecule has 0 radical (unpaired) electrons. The molecule has 0 heterocycles. The summed E-state index contributed by atoms with van der Waals surface area (Å²) in [5.74, 6) is 0.132. The van der Waals surface area contributed by atoms with Crippen molar-refractivity contribution in [1.82, 2.24) is 0 Å². The van der Waals surface area contributed by atoms with Crippen molar-refractivity contribution >= 4 is 23.3 Å². The standard InChI is InChI=1S/C23H27NO6/c1-5-29-21-13-17(8-11-20(21)28-4)23(27)30-14-19(25)16-6-9-18(10-7-16)24-22(26)12-15(2)3/h6-11,13,15H,5,12,14H2,1-4H3,(H,24,26). The van der Waals surface area contributed by atoms with Gasteiger partial charge in [0.1, 0.15) is 0 Å². The van der Waals surface area contributed by atoms with Gasteiger partial charge in [0.05, 0.1) is 19.3 Å². The van der Waals surface area contributed by atoms with Gasteiger partial charge in [-0.25, -0.2) is 4.79 Å². The summed E-state index contributed by atoms with van der Waals surface area (Å²) in [5, 5.41) is 2.78. The number of anilines is 1. The third-order valence-corrected chi connectivity index (χ3v) is 4.12. The lowest BCUT2D eigenvalue weighted by atomic mass is 10.1. The number of rotatable bonds is 10. The van der Waals surface area contributed by atoms with E-state index in [9.17, 15) is 14.4 Å². The molecule has 0 bridgehead atoms. The maximum Gasteiger partial charge on any atom is 0.338 e. The van der Waals surface area contributed by atoms with Gasteiger partial charge < -0.3 is 19.5 Å². The second kappa shape index (κ2) is 11.0. The number of methoxy groups -OCH3 is 1. The molecule has 30 heavy (non-hydrogen) atoms. The van der Waals surface area contributed by atoms with E-state index in [0.29, 0.717) is 35.8 Å². The molecule has 160 valence electrons. The highest BCUT2D eigenvalue weighted by atomic mass is 16.5. The first kappa shape index (κ1) is 22.9. The van der Waals surface area contributed by atoms with Crippen molar-refractivity contribution < 1.29 is 28.6 Å². The molecule has 7 heteroatoms. The number of ether oxygens (including phenoxy) is 3. The monoisotopic (exact) mass is 413 g/mol. The molecular formula is C23H27NO6. The molecule has 2 aromatic rings. The van der Waals surface area contributed by atoms with Gasteiger partial charge >= 0.3 is 5.97 Å². The van der Waals surface area contributed by atoms with Gasteiger partial charge in [0.15, 0.2) is 23.9 Å². The van der Waals surface area contributed by atoms with E-state index in [-0.39, 0.29) is 23.2 Å². The molecule has 0 aliphatic rings. The number of amides is 1. The maximum absolute atomic E-state index is 12.3. The van der Waals surface area contributed by atoms with Crippen molar-refractivity contribution in [2.45, 2.75) is 27.2 Å². The topological polar surface area (TPSA) is 90.9 Å². The van der Waals surface area contributed by atoms with Crippen LogP contribution in [0.2, 0.25) is 0 Å². The van der Waals surface area contributed by atoms with Crippen LogP contribution in [0.3, 0.4) is 0 Å². The van der Waals surface area contributed by atoms with E-state index < -0.39 is 12.6 Å². The molecule has 0 aliphatic heterocycles. The van der Waals surface area contributed by atoms with Crippen LogP contribution in [-0.2, 0) is 9.53 Å². The number of benzene rings is 2. The lowest BCUT2D eigenvalue weighted by Gasteiger charge is -2.11. The predicted octanol–water partition coefficient (Wildman–Crippen LogP) is 4.12. The molecule has 1 amide bonds. The minimum atomic E-state index is -0.635. The first-order valence-corrected chi connectivity index (χ1v) is 9.75. The molecule has 0 spiro atoms. The molecule has 1 N–H and O–H groups in total. The Morgan fingerprint density at radius 2 is 1.63 bits per heavy atom. The third kappa shape index (κ3) is 6.62. The number of nitrogens with one attached hydrogen (secondary N) is 1. The molecule has 2 rings (SSSR count). The zero-order valence-corrected chi connectivity index (χ0v) is 17.7. The fraction of sp³-hybridized carbons (Fsp3) is 0.348. The second-order valence-electron chi connectivity index (χ2n) is 7.02. The van der Waals surface area contributed by atoms with Crippen molar-refractivity contribution in [3.05, 3.63) is 53.6 Å². The van der Waals surface area contributed by atoms with Crippen molar-refractivity contribution in [3.63, 3.8) is 0 Å². The highest BCUT2D eigenvalue weighted by Gasteiger charge is 2.15. The van der Waals surface area contributed by atoms with Gasteiger partial charge in [0, 0.05) is 17.7 Å². The van der Waals surface area contributed by atoms with Crippen molar-refractivity contribution in [2.24, 2.45) is 5.92 Å². The summed E-state index contributed by atoms with van der Waals surface area (Å²) >= 11 is 0. The Morgan fingerprint density at radius 3 is 2.23 bits per heavy atom. The van der Waals surface area contributed by atoms with Crippen LogP contribution < -0.4 is 14.8 Å². The first-order valence-electron chi connectivity index (χ1n) is 9.75. The Hall–Kier alpha value is -3.35. The van der Waals surface area contributed by atoms with Crippen LogP contribution in [0.4, 0.5) is 5.69 Å². The zero-order valence-electron chi connectivity index (χ0n) is 17.7. The number of hydrogen-bond acceptors (Lipinski definition) is 6. The van der Waals surface area contributed by atoms with Crippen molar-refractivity contribution in [1.29, 1.82) is 0 Å². The molecular weight excluding hydrogens is 386 g/mol. The molecule has 0 atom stereocenters. The number of esters is 1. The minimum absolute atomic E-state index is 0.0797. The Morgan fingerprint density at radius 1 is 0.967 bits per heavy atom. The summed E-state index contributed by atoms with van der Waals surface area (Å²) in [4.78, 5) is 36.4. The number of carbonyl (C=O) groups is 3. The van der Waals surface area contributed by atoms with Crippen LogP contribution in [0, 0.1) is 5.92 Å². The molecule has 7 nitrogen and oxygen atoms in total. The smallest absolute Gasteiger partial charge is 0.338 e. The van der Waals surface area contributed by atoms with Crippen LogP contribution in [0.25, 0.3) is 0 Å². The Kier molecular flexibility index (Phi) is 8.41. The van der Waals surface area contributed by atoms with Crippen LogP contribution >= 0.6 is 0 Å². The molecule has 0 aromatic heterocycles. The van der Waals surface area contributed by atoms with Crippen LogP contribution in [0.5, 0.6) is 11.5 Å². The van der Waals surface area contributed by atoms with E-state index in [4.69, 9.17) is 14.2 Å². The summed E-state index contributed by atoms with van der Waals surface area (Å²) in [6, 6.07) is 11.1. The maximum atomic E-state index is 12.3. The summed E-state index contributed by atoms with van der Waals surface area (Å²) in [6.45, 7) is 5.78. The SMILES string of the molecule is CCOc1cc(C(=O)OCC(=O)c2ccc(NC(=O)CC(C)C)cc2)ccc1OC. The number of hydrogen-bond donors (Lipinski definition) is 1. The van der Waals surface area contributed by atoms with E-state index in [1.54, 1.807) is 36.4 Å². The Balaban J connectivity index is 1.94. The fourth-order valence-electron chi connectivity index (χ4n) is 2.69. The lowest BCUT2D eigenvalue weighted by Crippen LogP contribution is -2.15. The average molecular weight is 413 g/mol. The van der Waals surface area contributed by atoms with Gasteiger partial charge in [-0.05, 0) is 55.3 Å². The molecule has 2 aromatic carbocycles. The van der Waals surface area contributed by atoms with Crippen molar-refractivity contribution in [2.75, 3.05) is 25.6 Å². The van der Waals surface area contributed by atoms with Gasteiger partial charge in [-0.3, -0.25) is 9.59 Å². The van der Waals surface area contributed by atoms with Crippen LogP contribution in [-0.4, -0.2) is 38.0 Å². The normalized spacial score (nSPS) is 10.4. The molecule has 0 saturated carbocycles. The Labute approximate surface area is 176 Å². The zero-order chi connectivity index (χ0) is 22.1. The minimum Gasteiger partial charge on any atom is -0.493 e. The van der Waals surface area contributed by atoms with Gasteiger partial charge in [0.2, 0.25) is 5.91 Å². The van der Waals surface area contributed by atoms with E-state index in [0.717, 1.165) is 0 Å². The summed E-state index contributed by atoms with van der Waals surface area (Å²) in [6.07, 6.45) is 0.424. The van der Waals surface area contributed by atoms with E-state index in [2.05, 4.69) is 5.32 Å². The number of ketones is 1. The predicted molar refractivity (Wildman–Crippen MR) is 113 cm³/mol.